The zero-order valence-corrected chi connectivity index (χ0v) is 12.7. The van der Waals surface area contributed by atoms with Gasteiger partial charge in [-0.25, -0.2) is 4.79 Å². The van der Waals surface area contributed by atoms with Crippen LogP contribution in [0.2, 0.25) is 0 Å². The first kappa shape index (κ1) is 14.1. The van der Waals surface area contributed by atoms with Gasteiger partial charge in [-0.1, -0.05) is 0 Å². The van der Waals surface area contributed by atoms with Gasteiger partial charge in [-0.05, 0) is 37.6 Å². The Labute approximate surface area is 124 Å². The molecule has 0 amide bonds. The highest BCUT2D eigenvalue weighted by Crippen LogP contribution is 2.37. The van der Waals surface area contributed by atoms with Crippen LogP contribution in [-0.2, 0) is 9.53 Å². The standard InChI is InChI=1S/C14H16N2O4S/c1-3-20-13(18)8-4-9(5-8)16-12(17)10-7(2)6-21-11(10)15-14(16)19/h6,8-9H,3-5H2,1-2H3,(H,15,19). The van der Waals surface area contributed by atoms with Crippen molar-refractivity contribution < 1.29 is 9.53 Å². The number of H-pyrrole nitrogens is 1. The average Bonchev–Trinajstić information content (AvgIpc) is 2.73. The van der Waals surface area contributed by atoms with E-state index in [2.05, 4.69) is 4.98 Å². The van der Waals surface area contributed by atoms with Crippen LogP contribution in [0.1, 0.15) is 31.4 Å². The van der Waals surface area contributed by atoms with Crippen molar-refractivity contribution >= 4 is 27.5 Å². The van der Waals surface area contributed by atoms with Gasteiger partial charge in [0, 0.05) is 6.04 Å². The molecule has 2 heterocycles. The molecule has 3 rings (SSSR count). The molecule has 1 fully saturated rings. The van der Waals surface area contributed by atoms with Gasteiger partial charge >= 0.3 is 11.7 Å². The Kier molecular flexibility index (Phi) is 3.44. The van der Waals surface area contributed by atoms with E-state index in [0.29, 0.717) is 29.7 Å². The van der Waals surface area contributed by atoms with Crippen molar-refractivity contribution in [1.29, 1.82) is 0 Å². The van der Waals surface area contributed by atoms with E-state index >= 15 is 0 Å². The topological polar surface area (TPSA) is 81.2 Å². The summed E-state index contributed by atoms with van der Waals surface area (Å²) in [7, 11) is 0. The second-order valence-electron chi connectivity index (χ2n) is 5.30. The molecule has 0 atom stereocenters. The van der Waals surface area contributed by atoms with E-state index in [-0.39, 0.29) is 23.5 Å². The predicted octanol–water partition coefficient (Wildman–Crippen LogP) is 1.57. The molecule has 7 heteroatoms. The molecule has 0 saturated heterocycles. The molecule has 0 aromatic carbocycles. The van der Waals surface area contributed by atoms with Crippen molar-refractivity contribution in [3.05, 3.63) is 31.8 Å². The zero-order valence-electron chi connectivity index (χ0n) is 11.8. The van der Waals surface area contributed by atoms with E-state index in [1.54, 1.807) is 6.92 Å². The highest BCUT2D eigenvalue weighted by Gasteiger charge is 2.38. The summed E-state index contributed by atoms with van der Waals surface area (Å²) in [6.45, 7) is 3.96. The van der Waals surface area contributed by atoms with Crippen LogP contribution in [0.3, 0.4) is 0 Å². The van der Waals surface area contributed by atoms with E-state index < -0.39 is 5.69 Å². The Hall–Kier alpha value is -1.89. The third-order valence-corrected chi connectivity index (χ3v) is 4.96. The predicted molar refractivity (Wildman–Crippen MR) is 79.8 cm³/mol. The Morgan fingerprint density at radius 3 is 2.86 bits per heavy atom. The molecule has 2 aromatic rings. The molecule has 112 valence electrons. The zero-order chi connectivity index (χ0) is 15.1. The SMILES string of the molecule is CCOC(=O)C1CC(n2c(=O)[nH]c3scc(C)c3c2=O)C1. The Bertz CT molecular complexity index is 810. The molecular weight excluding hydrogens is 292 g/mol. The summed E-state index contributed by atoms with van der Waals surface area (Å²) in [6.07, 6.45) is 0.965. The minimum atomic E-state index is -0.401. The number of aromatic amines is 1. The number of aromatic nitrogens is 2. The number of hydrogen-bond acceptors (Lipinski definition) is 5. The van der Waals surface area contributed by atoms with Crippen LogP contribution in [-0.4, -0.2) is 22.1 Å². The van der Waals surface area contributed by atoms with Gasteiger partial charge in [-0.2, -0.15) is 0 Å². The fourth-order valence-corrected chi connectivity index (χ4v) is 3.68. The molecule has 0 bridgehead atoms. The first-order chi connectivity index (χ1) is 10.0. The smallest absolute Gasteiger partial charge is 0.329 e. The minimum absolute atomic E-state index is 0.208. The number of esters is 1. The maximum absolute atomic E-state index is 12.5. The van der Waals surface area contributed by atoms with Crippen molar-refractivity contribution in [2.45, 2.75) is 32.7 Å². The summed E-state index contributed by atoms with van der Waals surface area (Å²) >= 11 is 1.36. The Balaban J connectivity index is 1.93. The van der Waals surface area contributed by atoms with Crippen LogP contribution in [0, 0.1) is 12.8 Å². The molecule has 1 aliphatic rings. The Morgan fingerprint density at radius 1 is 1.48 bits per heavy atom. The fraction of sp³-hybridized carbons (Fsp3) is 0.500. The summed E-state index contributed by atoms with van der Waals surface area (Å²) in [4.78, 5) is 39.6. The van der Waals surface area contributed by atoms with Crippen molar-refractivity contribution in [3.8, 4) is 0 Å². The van der Waals surface area contributed by atoms with Crippen LogP contribution in [0.4, 0.5) is 0 Å². The summed E-state index contributed by atoms with van der Waals surface area (Å²) in [5, 5.41) is 2.42. The number of nitrogens with zero attached hydrogens (tertiary/aromatic N) is 1. The lowest BCUT2D eigenvalue weighted by Crippen LogP contribution is -2.44. The lowest BCUT2D eigenvalue weighted by atomic mass is 9.80. The first-order valence-electron chi connectivity index (χ1n) is 6.92. The van der Waals surface area contributed by atoms with E-state index in [0.717, 1.165) is 5.56 Å². The highest BCUT2D eigenvalue weighted by atomic mass is 32.1. The van der Waals surface area contributed by atoms with Crippen molar-refractivity contribution in [1.82, 2.24) is 9.55 Å². The number of nitrogens with one attached hydrogen (secondary N) is 1. The minimum Gasteiger partial charge on any atom is -0.466 e. The molecule has 6 nitrogen and oxygen atoms in total. The lowest BCUT2D eigenvalue weighted by molar-refractivity contribution is -0.152. The molecule has 1 N–H and O–H groups in total. The van der Waals surface area contributed by atoms with E-state index in [9.17, 15) is 14.4 Å². The molecule has 1 saturated carbocycles. The van der Waals surface area contributed by atoms with Gasteiger partial charge in [-0.15, -0.1) is 11.3 Å². The van der Waals surface area contributed by atoms with Crippen LogP contribution < -0.4 is 11.2 Å². The molecule has 1 aliphatic carbocycles. The number of carbonyl (C=O) groups is 1. The summed E-state index contributed by atoms with van der Waals surface area (Å²) in [5.41, 5.74) is 0.202. The third kappa shape index (κ3) is 2.21. The number of ether oxygens (including phenoxy) is 1. The quantitative estimate of drug-likeness (QED) is 0.873. The number of carbonyl (C=O) groups excluding carboxylic acids is 1. The Morgan fingerprint density at radius 2 is 2.19 bits per heavy atom. The highest BCUT2D eigenvalue weighted by molar-refractivity contribution is 7.16. The van der Waals surface area contributed by atoms with E-state index in [1.165, 1.54) is 15.9 Å². The maximum atomic E-state index is 12.5. The lowest BCUT2D eigenvalue weighted by Gasteiger charge is -2.33. The average molecular weight is 308 g/mol. The number of aryl methyl sites for hydroxylation is 1. The monoisotopic (exact) mass is 308 g/mol. The molecule has 0 spiro atoms. The number of hydrogen-bond donors (Lipinski definition) is 1. The van der Waals surface area contributed by atoms with Crippen LogP contribution in [0.15, 0.2) is 15.0 Å². The van der Waals surface area contributed by atoms with Crippen LogP contribution >= 0.6 is 11.3 Å². The van der Waals surface area contributed by atoms with Crippen LogP contribution in [0.5, 0.6) is 0 Å². The molecule has 0 aliphatic heterocycles. The molecule has 2 aromatic heterocycles. The normalized spacial score (nSPS) is 21.2. The molecule has 21 heavy (non-hydrogen) atoms. The number of rotatable bonds is 3. The van der Waals surface area contributed by atoms with Gasteiger partial charge in [-0.3, -0.25) is 19.1 Å². The van der Waals surface area contributed by atoms with Gasteiger partial charge in [0.25, 0.3) is 5.56 Å². The second-order valence-corrected chi connectivity index (χ2v) is 6.18. The second kappa shape index (κ2) is 5.14. The van der Waals surface area contributed by atoms with E-state index in [4.69, 9.17) is 4.74 Å². The summed E-state index contributed by atoms with van der Waals surface area (Å²) in [6, 6.07) is -0.223. The van der Waals surface area contributed by atoms with Gasteiger partial charge in [0.2, 0.25) is 0 Å². The van der Waals surface area contributed by atoms with Gasteiger partial charge < -0.3 is 4.74 Å². The molecular formula is C14H16N2O4S. The van der Waals surface area contributed by atoms with Crippen molar-refractivity contribution in [3.63, 3.8) is 0 Å². The first-order valence-corrected chi connectivity index (χ1v) is 7.80. The molecule has 0 unspecified atom stereocenters. The van der Waals surface area contributed by atoms with Gasteiger partial charge in [0.05, 0.1) is 17.9 Å². The van der Waals surface area contributed by atoms with Gasteiger partial charge in [0.1, 0.15) is 4.83 Å². The largest absolute Gasteiger partial charge is 0.466 e. The summed E-state index contributed by atoms with van der Waals surface area (Å²) < 4.78 is 6.20. The van der Waals surface area contributed by atoms with Crippen molar-refractivity contribution in [2.24, 2.45) is 5.92 Å². The van der Waals surface area contributed by atoms with Crippen LogP contribution in [0.25, 0.3) is 10.2 Å². The fourth-order valence-electron chi connectivity index (χ4n) is 2.75. The summed E-state index contributed by atoms with van der Waals surface area (Å²) in [5.74, 6) is -0.452. The van der Waals surface area contributed by atoms with Gasteiger partial charge in [0.15, 0.2) is 0 Å². The number of thiophene rings is 1. The number of fused-ring (bicyclic) bond motifs is 1. The third-order valence-electron chi connectivity index (χ3n) is 3.95. The maximum Gasteiger partial charge on any atom is 0.329 e. The molecule has 0 radical (unpaired) electrons. The van der Waals surface area contributed by atoms with Crippen molar-refractivity contribution in [2.75, 3.05) is 6.61 Å². The van der Waals surface area contributed by atoms with E-state index in [1.807, 2.05) is 12.3 Å².